The molecule has 0 amide bonds. The predicted octanol–water partition coefficient (Wildman–Crippen LogP) is 3.93. The van der Waals surface area contributed by atoms with Gasteiger partial charge in [0.2, 0.25) is 0 Å². The van der Waals surface area contributed by atoms with Gasteiger partial charge in [-0.3, -0.25) is 9.78 Å². The summed E-state index contributed by atoms with van der Waals surface area (Å²) in [6.07, 6.45) is 2.53. The highest BCUT2D eigenvalue weighted by atomic mass is 79.9. The number of hydrogen-bond donors (Lipinski definition) is 0. The van der Waals surface area contributed by atoms with Crippen molar-refractivity contribution in [3.63, 3.8) is 0 Å². The lowest BCUT2D eigenvalue weighted by Crippen LogP contribution is -1.98. The van der Waals surface area contributed by atoms with Gasteiger partial charge in [-0.2, -0.15) is 0 Å². The van der Waals surface area contributed by atoms with Gasteiger partial charge >= 0.3 is 0 Å². The minimum Gasteiger partial charge on any atom is -0.298 e. The molecule has 0 aliphatic carbocycles. The van der Waals surface area contributed by atoms with Crippen molar-refractivity contribution in [1.82, 2.24) is 4.98 Å². The normalized spacial score (nSPS) is 11.0. The average molecular weight is 278 g/mol. The van der Waals surface area contributed by atoms with E-state index in [4.69, 9.17) is 0 Å². The highest BCUT2D eigenvalue weighted by Gasteiger charge is 2.12. The third kappa shape index (κ3) is 1.76. The number of benzene rings is 1. The van der Waals surface area contributed by atoms with Crippen LogP contribution >= 0.6 is 15.9 Å². The van der Waals surface area contributed by atoms with Crippen LogP contribution in [0.15, 0.2) is 28.9 Å². The Morgan fingerprint density at radius 3 is 2.75 bits per heavy atom. The maximum absolute atomic E-state index is 11.0. The third-order valence-corrected chi connectivity index (χ3v) is 3.26. The Kier molecular flexibility index (Phi) is 3.06. The minimum absolute atomic E-state index is 0.306. The molecule has 0 aliphatic rings. The molecule has 3 heteroatoms. The summed E-state index contributed by atoms with van der Waals surface area (Å²) in [6, 6.07) is 5.93. The minimum atomic E-state index is 0.306. The van der Waals surface area contributed by atoms with Gasteiger partial charge in [-0.15, -0.1) is 0 Å². The zero-order valence-corrected chi connectivity index (χ0v) is 10.8. The molecule has 2 rings (SSSR count). The number of aldehydes is 1. The molecule has 0 radical (unpaired) electrons. The summed E-state index contributed by atoms with van der Waals surface area (Å²) in [6.45, 7) is 4.17. The number of hydrogen-bond acceptors (Lipinski definition) is 2. The second-order valence-corrected chi connectivity index (χ2v) is 4.89. The van der Waals surface area contributed by atoms with Gasteiger partial charge in [0.25, 0.3) is 0 Å². The molecule has 0 unspecified atom stereocenters. The number of carbonyl (C=O) groups excluding carboxylic acids is 1. The molecule has 1 heterocycles. The van der Waals surface area contributed by atoms with Crippen LogP contribution in [-0.4, -0.2) is 11.3 Å². The maximum Gasteiger partial charge on any atom is 0.151 e. The zero-order valence-electron chi connectivity index (χ0n) is 9.20. The van der Waals surface area contributed by atoms with Crippen molar-refractivity contribution in [1.29, 1.82) is 0 Å². The fourth-order valence-corrected chi connectivity index (χ4v) is 2.43. The highest BCUT2D eigenvalue weighted by molar-refractivity contribution is 9.10. The van der Waals surface area contributed by atoms with Crippen LogP contribution in [0.25, 0.3) is 10.9 Å². The highest BCUT2D eigenvalue weighted by Crippen LogP contribution is 2.30. The zero-order chi connectivity index (χ0) is 11.7. The lowest BCUT2D eigenvalue weighted by atomic mass is 9.95. The first kappa shape index (κ1) is 11.3. The van der Waals surface area contributed by atoms with Crippen LogP contribution < -0.4 is 0 Å². The Balaban J connectivity index is 2.89. The van der Waals surface area contributed by atoms with E-state index in [0.29, 0.717) is 11.5 Å². The fraction of sp³-hybridized carbons (Fsp3) is 0.231. The van der Waals surface area contributed by atoms with Crippen LogP contribution in [0.4, 0.5) is 0 Å². The largest absolute Gasteiger partial charge is 0.298 e. The fourth-order valence-electron chi connectivity index (χ4n) is 1.96. The molecule has 0 aliphatic heterocycles. The summed E-state index contributed by atoms with van der Waals surface area (Å²) in [5.41, 5.74) is 2.67. The molecule has 0 atom stereocenters. The molecule has 0 saturated heterocycles. The van der Waals surface area contributed by atoms with E-state index in [-0.39, 0.29) is 0 Å². The Labute approximate surface area is 103 Å². The topological polar surface area (TPSA) is 30.0 Å². The number of aromatic nitrogens is 1. The Bertz CT molecular complexity index is 549. The molecule has 82 valence electrons. The quantitative estimate of drug-likeness (QED) is 0.779. The van der Waals surface area contributed by atoms with Crippen molar-refractivity contribution in [3.05, 3.63) is 40.0 Å². The standard InChI is InChI=1S/C13H12BrNO/c1-8(2)12-9(7-16)6-15-13-10(12)4-3-5-11(13)14/h3-8H,1-2H3. The van der Waals surface area contributed by atoms with Gasteiger partial charge in [0.05, 0.1) is 5.52 Å². The average Bonchev–Trinajstić information content (AvgIpc) is 2.27. The summed E-state index contributed by atoms with van der Waals surface area (Å²) in [5.74, 6) is 0.306. The molecule has 0 N–H and O–H groups in total. The number of rotatable bonds is 2. The molecular formula is C13H12BrNO. The molecule has 16 heavy (non-hydrogen) atoms. The van der Waals surface area contributed by atoms with E-state index in [9.17, 15) is 4.79 Å². The lowest BCUT2D eigenvalue weighted by Gasteiger charge is -2.12. The van der Waals surface area contributed by atoms with E-state index >= 15 is 0 Å². The Morgan fingerprint density at radius 2 is 2.12 bits per heavy atom. The molecule has 0 saturated carbocycles. The van der Waals surface area contributed by atoms with Crippen molar-refractivity contribution >= 4 is 33.1 Å². The van der Waals surface area contributed by atoms with Crippen LogP contribution in [-0.2, 0) is 0 Å². The van der Waals surface area contributed by atoms with Gasteiger partial charge in [-0.05, 0) is 33.5 Å². The van der Waals surface area contributed by atoms with Crippen molar-refractivity contribution in [2.75, 3.05) is 0 Å². The second-order valence-electron chi connectivity index (χ2n) is 4.04. The van der Waals surface area contributed by atoms with Crippen LogP contribution in [0.2, 0.25) is 0 Å². The van der Waals surface area contributed by atoms with Crippen LogP contribution in [0.5, 0.6) is 0 Å². The van der Waals surface area contributed by atoms with Gasteiger partial charge in [0.1, 0.15) is 0 Å². The molecule has 2 aromatic rings. The summed E-state index contributed by atoms with van der Waals surface area (Å²) < 4.78 is 0.962. The third-order valence-electron chi connectivity index (χ3n) is 2.63. The van der Waals surface area contributed by atoms with Crippen LogP contribution in [0.1, 0.15) is 35.7 Å². The van der Waals surface area contributed by atoms with Gasteiger partial charge in [0.15, 0.2) is 6.29 Å². The SMILES string of the molecule is CC(C)c1c(C=O)cnc2c(Br)cccc12. The number of para-hydroxylation sites is 1. The van der Waals surface area contributed by atoms with Crippen molar-refractivity contribution in [2.45, 2.75) is 19.8 Å². The maximum atomic E-state index is 11.0. The molecular weight excluding hydrogens is 266 g/mol. The van der Waals surface area contributed by atoms with E-state index in [0.717, 1.165) is 27.2 Å². The molecule has 1 aromatic heterocycles. The van der Waals surface area contributed by atoms with Gasteiger partial charge in [-0.1, -0.05) is 26.0 Å². The number of fused-ring (bicyclic) bond motifs is 1. The summed E-state index contributed by atoms with van der Waals surface area (Å²) in [7, 11) is 0. The predicted molar refractivity (Wildman–Crippen MR) is 68.9 cm³/mol. The Hall–Kier alpha value is -1.22. The summed E-state index contributed by atoms with van der Waals surface area (Å²) >= 11 is 3.48. The monoisotopic (exact) mass is 277 g/mol. The van der Waals surface area contributed by atoms with Crippen molar-refractivity contribution in [3.8, 4) is 0 Å². The van der Waals surface area contributed by atoms with Gasteiger partial charge < -0.3 is 0 Å². The van der Waals surface area contributed by atoms with Crippen molar-refractivity contribution < 1.29 is 4.79 Å². The van der Waals surface area contributed by atoms with Crippen LogP contribution in [0, 0.1) is 0 Å². The summed E-state index contributed by atoms with van der Waals surface area (Å²) in [5, 5.41) is 1.05. The summed E-state index contributed by atoms with van der Waals surface area (Å²) in [4.78, 5) is 15.3. The number of nitrogens with zero attached hydrogens (tertiary/aromatic N) is 1. The molecule has 0 spiro atoms. The van der Waals surface area contributed by atoms with Crippen molar-refractivity contribution in [2.24, 2.45) is 0 Å². The number of carbonyl (C=O) groups is 1. The first-order chi connectivity index (χ1) is 7.65. The molecule has 0 bridgehead atoms. The van der Waals surface area contributed by atoms with E-state index in [2.05, 4.69) is 34.8 Å². The number of halogens is 1. The van der Waals surface area contributed by atoms with E-state index in [1.807, 2.05) is 18.2 Å². The second kappa shape index (κ2) is 4.34. The smallest absolute Gasteiger partial charge is 0.151 e. The lowest BCUT2D eigenvalue weighted by molar-refractivity contribution is 0.112. The van der Waals surface area contributed by atoms with E-state index in [1.54, 1.807) is 6.20 Å². The van der Waals surface area contributed by atoms with Gasteiger partial charge in [-0.25, -0.2) is 0 Å². The van der Waals surface area contributed by atoms with E-state index in [1.165, 1.54) is 0 Å². The van der Waals surface area contributed by atoms with E-state index < -0.39 is 0 Å². The first-order valence-corrected chi connectivity index (χ1v) is 5.96. The molecule has 2 nitrogen and oxygen atoms in total. The number of pyridine rings is 1. The Morgan fingerprint density at radius 1 is 1.38 bits per heavy atom. The van der Waals surface area contributed by atoms with Crippen LogP contribution in [0.3, 0.4) is 0 Å². The molecule has 0 fully saturated rings. The first-order valence-electron chi connectivity index (χ1n) is 5.17. The molecule has 1 aromatic carbocycles. The van der Waals surface area contributed by atoms with Gasteiger partial charge in [0, 0.05) is 21.6 Å².